The molecular weight excluding hydrogens is 432 g/mol. The quantitative estimate of drug-likeness (QED) is 0.287. The Morgan fingerprint density at radius 1 is 0.722 bits per heavy atom. The van der Waals surface area contributed by atoms with Gasteiger partial charge in [-0.25, -0.2) is 0 Å². The van der Waals surface area contributed by atoms with Crippen LogP contribution in [-0.4, -0.2) is 0 Å². The molecule has 5 aliphatic rings. The average molecular weight is 461 g/mol. The molecule has 0 aromatic heterocycles. The van der Waals surface area contributed by atoms with Gasteiger partial charge in [-0.2, -0.15) is 0 Å². The molecule has 0 radical (unpaired) electrons. The Kier molecular flexibility index (Phi) is 4.26. The van der Waals surface area contributed by atoms with E-state index in [0.29, 0.717) is 11.8 Å². The van der Waals surface area contributed by atoms with Crippen molar-refractivity contribution in [1.82, 2.24) is 0 Å². The van der Waals surface area contributed by atoms with Gasteiger partial charge in [0.1, 0.15) is 0 Å². The van der Waals surface area contributed by atoms with Gasteiger partial charge >= 0.3 is 0 Å². The highest BCUT2D eigenvalue weighted by Gasteiger charge is 2.40. The predicted molar refractivity (Wildman–Crippen MR) is 151 cm³/mol. The summed E-state index contributed by atoms with van der Waals surface area (Å²) in [6, 6.07) is 20.5. The van der Waals surface area contributed by atoms with Crippen LogP contribution in [0.15, 0.2) is 137 Å². The van der Waals surface area contributed by atoms with Crippen molar-refractivity contribution in [1.29, 1.82) is 0 Å². The molecule has 2 atom stereocenters. The van der Waals surface area contributed by atoms with E-state index < -0.39 is 0 Å². The van der Waals surface area contributed by atoms with Gasteiger partial charge in [-0.3, -0.25) is 0 Å². The van der Waals surface area contributed by atoms with Crippen molar-refractivity contribution in [2.75, 3.05) is 0 Å². The zero-order chi connectivity index (χ0) is 23.8. The van der Waals surface area contributed by atoms with E-state index in [1.807, 2.05) is 0 Å². The summed E-state index contributed by atoms with van der Waals surface area (Å²) >= 11 is 0. The van der Waals surface area contributed by atoms with E-state index >= 15 is 0 Å². The Bertz CT molecular complexity index is 1710. The third kappa shape index (κ3) is 2.82. The molecule has 3 aromatic carbocycles. The molecule has 172 valence electrons. The van der Waals surface area contributed by atoms with E-state index in [0.717, 1.165) is 19.3 Å². The summed E-state index contributed by atoms with van der Waals surface area (Å²) in [6.07, 6.45) is 22.2. The van der Waals surface area contributed by atoms with E-state index in [2.05, 4.69) is 110 Å². The summed E-state index contributed by atoms with van der Waals surface area (Å²) in [6.45, 7) is 2.28. The first-order valence-corrected chi connectivity index (χ1v) is 13.3. The molecule has 0 spiro atoms. The number of hydrogen-bond acceptors (Lipinski definition) is 0. The molecule has 0 bridgehead atoms. The first-order chi connectivity index (χ1) is 17.8. The molecule has 8 rings (SSSR count). The number of benzene rings is 3. The molecule has 36 heavy (non-hydrogen) atoms. The van der Waals surface area contributed by atoms with Gasteiger partial charge in [-0.05, 0) is 97.4 Å². The Morgan fingerprint density at radius 2 is 1.53 bits per heavy atom. The number of allylic oxidation sites excluding steroid dienone is 14. The molecule has 5 aliphatic carbocycles. The van der Waals surface area contributed by atoms with Crippen LogP contribution in [0.1, 0.15) is 30.0 Å². The van der Waals surface area contributed by atoms with E-state index in [-0.39, 0.29) is 0 Å². The van der Waals surface area contributed by atoms with Gasteiger partial charge in [0.25, 0.3) is 0 Å². The normalized spacial score (nSPS) is 22.5. The lowest BCUT2D eigenvalue weighted by molar-refractivity contribution is 0.550. The zero-order valence-electron chi connectivity index (χ0n) is 20.6. The summed E-state index contributed by atoms with van der Waals surface area (Å²) in [7, 11) is 0. The van der Waals surface area contributed by atoms with Gasteiger partial charge in [0, 0.05) is 11.8 Å². The Morgan fingerprint density at radius 3 is 2.42 bits per heavy atom. The first kappa shape index (κ1) is 20.3. The largest absolute Gasteiger partial charge is 0.0616 e. The van der Waals surface area contributed by atoms with Crippen molar-refractivity contribution in [2.24, 2.45) is 11.8 Å². The highest BCUT2D eigenvalue weighted by atomic mass is 14.4. The summed E-state index contributed by atoms with van der Waals surface area (Å²) < 4.78 is 0. The minimum absolute atomic E-state index is 0.454. The molecule has 3 aromatic rings. The van der Waals surface area contributed by atoms with Crippen molar-refractivity contribution < 1.29 is 0 Å². The van der Waals surface area contributed by atoms with Crippen molar-refractivity contribution in [3.05, 3.63) is 153 Å². The number of hydrogen-bond donors (Lipinski definition) is 0. The van der Waals surface area contributed by atoms with E-state index in [1.54, 1.807) is 0 Å². The van der Waals surface area contributed by atoms with Crippen LogP contribution in [0.25, 0.3) is 21.9 Å². The van der Waals surface area contributed by atoms with Crippen LogP contribution < -0.4 is 0 Å². The lowest BCUT2D eigenvalue weighted by atomic mass is 9.61. The highest BCUT2D eigenvalue weighted by molar-refractivity contribution is 5.92. The standard InChI is InChI=1S/C36H28/c1-2-22-10-11-23-15-17-31-28(13-12-24-14-16-30(22)35(23)36(24)31)19-27-8-5-9-32-33(27)21-29-18-25-6-3-4-7-26(25)20-34(29)32/h3-18,20,35-36H,2,19,21H2,1H3. The topological polar surface area (TPSA) is 0 Å². The van der Waals surface area contributed by atoms with Crippen LogP contribution in [-0.2, 0) is 12.8 Å². The van der Waals surface area contributed by atoms with Crippen LogP contribution in [0.4, 0.5) is 0 Å². The Hall–Kier alpha value is -3.90. The maximum atomic E-state index is 2.41. The summed E-state index contributed by atoms with van der Waals surface area (Å²) in [5.74, 6) is 0.929. The smallest absolute Gasteiger partial charge is 0.0202 e. The third-order valence-electron chi connectivity index (χ3n) is 8.99. The average Bonchev–Trinajstić information content (AvgIpc) is 3.29. The van der Waals surface area contributed by atoms with E-state index in [4.69, 9.17) is 0 Å². The molecule has 0 heteroatoms. The molecule has 0 N–H and O–H groups in total. The third-order valence-corrected chi connectivity index (χ3v) is 8.99. The molecule has 0 aliphatic heterocycles. The van der Waals surface area contributed by atoms with Crippen molar-refractivity contribution in [3.8, 4) is 11.1 Å². The maximum Gasteiger partial charge on any atom is 0.0202 e. The lowest BCUT2D eigenvalue weighted by Crippen LogP contribution is -2.30. The fourth-order valence-electron chi connectivity index (χ4n) is 7.23. The van der Waals surface area contributed by atoms with Gasteiger partial charge in [0.2, 0.25) is 0 Å². The van der Waals surface area contributed by atoms with Gasteiger partial charge in [-0.1, -0.05) is 104 Å². The molecule has 0 saturated heterocycles. The summed E-state index contributed by atoms with van der Waals surface area (Å²) in [5, 5.41) is 2.68. The predicted octanol–water partition coefficient (Wildman–Crippen LogP) is 8.76. The number of rotatable bonds is 3. The fourth-order valence-corrected chi connectivity index (χ4v) is 7.23. The van der Waals surface area contributed by atoms with E-state index in [1.165, 1.54) is 72.0 Å². The van der Waals surface area contributed by atoms with E-state index in [9.17, 15) is 0 Å². The van der Waals surface area contributed by atoms with Gasteiger partial charge < -0.3 is 0 Å². The first-order valence-electron chi connectivity index (χ1n) is 13.3. The van der Waals surface area contributed by atoms with Crippen molar-refractivity contribution >= 4 is 10.8 Å². The molecule has 0 saturated carbocycles. The minimum Gasteiger partial charge on any atom is -0.0616 e. The molecule has 2 unspecified atom stereocenters. The van der Waals surface area contributed by atoms with Crippen LogP contribution in [0.3, 0.4) is 0 Å². The second kappa shape index (κ2) is 7.55. The van der Waals surface area contributed by atoms with Crippen LogP contribution in [0, 0.1) is 11.8 Å². The second-order valence-electron chi connectivity index (χ2n) is 10.8. The van der Waals surface area contributed by atoms with Crippen LogP contribution in [0.5, 0.6) is 0 Å². The van der Waals surface area contributed by atoms with Crippen LogP contribution in [0.2, 0.25) is 0 Å². The summed E-state index contributed by atoms with van der Waals surface area (Å²) in [5.41, 5.74) is 16.3. The van der Waals surface area contributed by atoms with Gasteiger partial charge in [0.15, 0.2) is 0 Å². The van der Waals surface area contributed by atoms with Crippen LogP contribution >= 0.6 is 0 Å². The lowest BCUT2D eigenvalue weighted by Gasteiger charge is -2.42. The number of fused-ring (bicyclic) bond motifs is 4. The monoisotopic (exact) mass is 460 g/mol. The highest BCUT2D eigenvalue weighted by Crippen LogP contribution is 2.52. The molecule has 0 fully saturated rings. The van der Waals surface area contributed by atoms with Crippen molar-refractivity contribution in [2.45, 2.75) is 26.2 Å². The fraction of sp³-hybridized carbons (Fsp3) is 0.167. The minimum atomic E-state index is 0.454. The van der Waals surface area contributed by atoms with Crippen molar-refractivity contribution in [3.63, 3.8) is 0 Å². The molecule has 0 heterocycles. The van der Waals surface area contributed by atoms with Gasteiger partial charge in [-0.15, -0.1) is 0 Å². The zero-order valence-corrected chi connectivity index (χ0v) is 20.6. The molecular formula is C36H28. The molecule has 0 nitrogen and oxygen atoms in total. The SMILES string of the molecule is CCC1=C2C=CC3=CC=C(Cc4cccc5c4Cc4cc6ccccc6cc4-5)C4=CC=C(C=C1)C2C34. The second-order valence-corrected chi connectivity index (χ2v) is 10.8. The Labute approximate surface area is 213 Å². The Balaban J connectivity index is 1.20. The maximum absolute atomic E-state index is 2.41. The summed E-state index contributed by atoms with van der Waals surface area (Å²) in [4.78, 5) is 0. The molecule has 0 amide bonds. The van der Waals surface area contributed by atoms with Gasteiger partial charge in [0.05, 0.1) is 0 Å².